The number of ketones is 1. The number of carbonyl (C=O) groups is 1. The van der Waals surface area contributed by atoms with Gasteiger partial charge < -0.3 is 0 Å². The second-order valence-corrected chi connectivity index (χ2v) is 7.23. The van der Waals surface area contributed by atoms with E-state index in [1.165, 1.54) is 6.07 Å². The van der Waals surface area contributed by atoms with Crippen LogP contribution in [0.25, 0.3) is 0 Å². The molecule has 0 saturated heterocycles. The van der Waals surface area contributed by atoms with Gasteiger partial charge in [-0.15, -0.1) is 0 Å². The summed E-state index contributed by atoms with van der Waals surface area (Å²) in [7, 11) is 0. The number of hydrogen-bond donors (Lipinski definition) is 0. The summed E-state index contributed by atoms with van der Waals surface area (Å²) in [5.41, 5.74) is 0.873. The lowest BCUT2D eigenvalue weighted by atomic mass is 9.71. The van der Waals surface area contributed by atoms with Crippen LogP contribution in [0, 0.1) is 17.2 Å². The molecule has 1 aliphatic rings. The van der Waals surface area contributed by atoms with Gasteiger partial charge in [-0.05, 0) is 48.8 Å². The Morgan fingerprint density at radius 1 is 1.37 bits per heavy atom. The number of benzene rings is 1. The molecule has 1 aromatic carbocycles. The van der Waals surface area contributed by atoms with Gasteiger partial charge in [0.1, 0.15) is 11.6 Å². The molecule has 2 rings (SSSR count). The molecule has 19 heavy (non-hydrogen) atoms. The van der Waals surface area contributed by atoms with Gasteiger partial charge in [-0.1, -0.05) is 35.8 Å². The average molecular weight is 327 g/mol. The highest BCUT2D eigenvalue weighted by molar-refractivity contribution is 9.10. The smallest absolute Gasteiger partial charge is 0.140 e. The number of hydrogen-bond acceptors (Lipinski definition) is 1. The first-order valence-electron chi connectivity index (χ1n) is 6.84. The van der Waals surface area contributed by atoms with Crippen LogP contribution in [0.5, 0.6) is 0 Å². The van der Waals surface area contributed by atoms with E-state index in [-0.39, 0.29) is 23.9 Å². The Morgan fingerprint density at radius 2 is 2.00 bits per heavy atom. The molecule has 0 radical (unpaired) electrons. The first kappa shape index (κ1) is 14.7. The molecule has 1 aliphatic carbocycles. The van der Waals surface area contributed by atoms with E-state index in [1.54, 1.807) is 12.1 Å². The Kier molecular flexibility index (Phi) is 4.44. The summed E-state index contributed by atoms with van der Waals surface area (Å²) in [6, 6.07) is 4.91. The molecule has 0 aromatic heterocycles. The monoisotopic (exact) mass is 326 g/mol. The summed E-state index contributed by atoms with van der Waals surface area (Å²) < 4.78 is 14.4. The molecule has 0 unspecified atom stereocenters. The normalized spacial score (nSPS) is 19.4. The van der Waals surface area contributed by atoms with E-state index in [2.05, 4.69) is 29.8 Å². The topological polar surface area (TPSA) is 17.1 Å². The highest BCUT2D eigenvalue weighted by Crippen LogP contribution is 2.38. The van der Waals surface area contributed by atoms with Gasteiger partial charge >= 0.3 is 0 Å². The number of carbonyl (C=O) groups excluding carboxylic acids is 1. The van der Waals surface area contributed by atoms with Gasteiger partial charge in [0.2, 0.25) is 0 Å². The predicted molar refractivity (Wildman–Crippen MR) is 78.6 cm³/mol. The van der Waals surface area contributed by atoms with Crippen molar-refractivity contribution in [2.75, 3.05) is 0 Å². The maximum absolute atomic E-state index is 13.7. The zero-order valence-corrected chi connectivity index (χ0v) is 13.1. The van der Waals surface area contributed by atoms with Gasteiger partial charge in [0.05, 0.1) is 0 Å². The third-order valence-electron chi connectivity index (χ3n) is 4.17. The van der Waals surface area contributed by atoms with Crippen LogP contribution in [0.2, 0.25) is 0 Å². The highest BCUT2D eigenvalue weighted by Gasteiger charge is 2.30. The van der Waals surface area contributed by atoms with Crippen LogP contribution < -0.4 is 0 Å². The second kappa shape index (κ2) is 5.74. The summed E-state index contributed by atoms with van der Waals surface area (Å²) in [4.78, 5) is 12.2. The molecule has 3 heteroatoms. The van der Waals surface area contributed by atoms with Gasteiger partial charge in [-0.2, -0.15) is 0 Å². The minimum absolute atomic E-state index is 0.121. The van der Waals surface area contributed by atoms with Crippen molar-refractivity contribution in [2.45, 2.75) is 46.0 Å². The van der Waals surface area contributed by atoms with Gasteiger partial charge in [0, 0.05) is 16.8 Å². The first-order valence-corrected chi connectivity index (χ1v) is 7.63. The molecular weight excluding hydrogens is 307 g/mol. The third-order valence-corrected chi connectivity index (χ3v) is 4.67. The molecule has 0 amide bonds. The molecule has 1 aromatic rings. The van der Waals surface area contributed by atoms with Crippen LogP contribution in [0.1, 0.15) is 45.1 Å². The fourth-order valence-corrected chi connectivity index (χ4v) is 3.05. The molecule has 1 fully saturated rings. The van der Waals surface area contributed by atoms with Gasteiger partial charge in [-0.25, -0.2) is 4.39 Å². The minimum Gasteiger partial charge on any atom is -0.299 e. The Balaban J connectivity index is 1.98. The Labute approximate surface area is 122 Å². The molecule has 104 valence electrons. The molecule has 0 heterocycles. The van der Waals surface area contributed by atoms with Crippen LogP contribution in [-0.2, 0) is 11.2 Å². The zero-order chi connectivity index (χ0) is 14.0. The fraction of sp³-hybridized carbons (Fsp3) is 0.562. The summed E-state index contributed by atoms with van der Waals surface area (Å²) in [6.07, 6.45) is 4.30. The third kappa shape index (κ3) is 3.88. The van der Waals surface area contributed by atoms with Crippen molar-refractivity contribution in [1.82, 2.24) is 0 Å². The van der Waals surface area contributed by atoms with Crippen molar-refractivity contribution in [3.8, 4) is 0 Å². The van der Waals surface area contributed by atoms with Gasteiger partial charge in [-0.3, -0.25) is 4.79 Å². The van der Waals surface area contributed by atoms with Crippen molar-refractivity contribution < 1.29 is 9.18 Å². The molecule has 0 atom stereocenters. The molecule has 0 N–H and O–H groups in total. The van der Waals surface area contributed by atoms with Crippen LogP contribution in [0.15, 0.2) is 22.7 Å². The lowest BCUT2D eigenvalue weighted by Gasteiger charge is -2.33. The second-order valence-electron chi connectivity index (χ2n) is 6.32. The summed E-state index contributed by atoms with van der Waals surface area (Å²) in [6.45, 7) is 4.50. The lowest BCUT2D eigenvalue weighted by Crippen LogP contribution is -2.27. The Morgan fingerprint density at radius 3 is 2.58 bits per heavy atom. The lowest BCUT2D eigenvalue weighted by molar-refractivity contribution is -0.123. The maximum atomic E-state index is 13.7. The Hall–Kier alpha value is -0.700. The first-order chi connectivity index (χ1) is 8.87. The van der Waals surface area contributed by atoms with Crippen LogP contribution in [0.4, 0.5) is 4.39 Å². The van der Waals surface area contributed by atoms with Crippen molar-refractivity contribution in [3.05, 3.63) is 34.1 Å². The SMILES string of the molecule is CC1(C)CCC(C(=O)Cc2ccc(Br)cc2F)CC1. The average Bonchev–Trinajstić information content (AvgIpc) is 2.32. The molecule has 1 nitrogen and oxygen atoms in total. The van der Waals surface area contributed by atoms with E-state index < -0.39 is 0 Å². The largest absolute Gasteiger partial charge is 0.299 e. The van der Waals surface area contributed by atoms with E-state index in [1.807, 2.05) is 0 Å². The van der Waals surface area contributed by atoms with Crippen molar-refractivity contribution >= 4 is 21.7 Å². The summed E-state index contributed by atoms with van der Waals surface area (Å²) >= 11 is 3.23. The van der Waals surface area contributed by atoms with E-state index in [9.17, 15) is 9.18 Å². The predicted octanol–water partition coefficient (Wildman–Crippen LogP) is 4.92. The fourth-order valence-electron chi connectivity index (χ4n) is 2.72. The van der Waals surface area contributed by atoms with E-state index in [0.717, 1.165) is 25.7 Å². The number of Topliss-reactive ketones (excluding diaryl/α,β-unsaturated/α-hetero) is 1. The maximum Gasteiger partial charge on any atom is 0.140 e. The standard InChI is InChI=1S/C16H20BrFO/c1-16(2)7-5-11(6-8-16)15(19)9-12-3-4-13(17)10-14(12)18/h3-4,10-11H,5-9H2,1-2H3. The molecular formula is C16H20BrFO. The zero-order valence-electron chi connectivity index (χ0n) is 11.5. The van der Waals surface area contributed by atoms with Crippen molar-refractivity contribution in [2.24, 2.45) is 11.3 Å². The number of halogens is 2. The number of rotatable bonds is 3. The van der Waals surface area contributed by atoms with E-state index >= 15 is 0 Å². The van der Waals surface area contributed by atoms with E-state index in [0.29, 0.717) is 15.5 Å². The van der Waals surface area contributed by atoms with Gasteiger partial charge in [0.15, 0.2) is 0 Å². The van der Waals surface area contributed by atoms with Gasteiger partial charge in [0.25, 0.3) is 0 Å². The molecule has 1 saturated carbocycles. The quantitative estimate of drug-likeness (QED) is 0.770. The Bertz CT molecular complexity index is 472. The highest BCUT2D eigenvalue weighted by atomic mass is 79.9. The molecule has 0 spiro atoms. The minimum atomic E-state index is -0.293. The summed E-state index contributed by atoms with van der Waals surface area (Å²) in [5.74, 6) is 0.0201. The van der Waals surface area contributed by atoms with Crippen molar-refractivity contribution in [3.63, 3.8) is 0 Å². The molecule has 0 bridgehead atoms. The van der Waals surface area contributed by atoms with Crippen LogP contribution >= 0.6 is 15.9 Å². The summed E-state index contributed by atoms with van der Waals surface area (Å²) in [5, 5.41) is 0. The molecule has 0 aliphatic heterocycles. The van der Waals surface area contributed by atoms with Crippen LogP contribution in [-0.4, -0.2) is 5.78 Å². The van der Waals surface area contributed by atoms with Crippen LogP contribution in [0.3, 0.4) is 0 Å². The van der Waals surface area contributed by atoms with Crippen molar-refractivity contribution in [1.29, 1.82) is 0 Å². The van der Waals surface area contributed by atoms with E-state index in [4.69, 9.17) is 0 Å².